The van der Waals surface area contributed by atoms with Gasteiger partial charge in [0.15, 0.2) is 0 Å². The molecule has 0 saturated heterocycles. The molecule has 2 aromatic carbocycles. The molecule has 1 aromatic heterocycles. The van der Waals surface area contributed by atoms with Crippen molar-refractivity contribution in [2.45, 2.75) is 32.4 Å². The van der Waals surface area contributed by atoms with E-state index in [1.807, 2.05) is 43.3 Å². The fourth-order valence-corrected chi connectivity index (χ4v) is 3.67. The van der Waals surface area contributed by atoms with Gasteiger partial charge in [0, 0.05) is 18.0 Å². The van der Waals surface area contributed by atoms with Crippen molar-refractivity contribution in [2.75, 3.05) is 5.32 Å². The molecule has 0 radical (unpaired) electrons. The quantitative estimate of drug-likeness (QED) is 0.545. The molecular weight excluding hydrogens is 403 g/mol. The highest BCUT2D eigenvalue weighted by atomic mass is 19.4. The summed E-state index contributed by atoms with van der Waals surface area (Å²) in [6, 6.07) is 13.7. The predicted molar refractivity (Wildman–Crippen MR) is 115 cm³/mol. The summed E-state index contributed by atoms with van der Waals surface area (Å²) in [4.78, 5) is 21.2. The second-order valence-electron chi connectivity index (χ2n) is 7.38. The van der Waals surface area contributed by atoms with Crippen LogP contribution in [0.3, 0.4) is 0 Å². The van der Waals surface area contributed by atoms with E-state index in [1.54, 1.807) is 12.4 Å². The average Bonchev–Trinajstić information content (AvgIpc) is 2.91. The van der Waals surface area contributed by atoms with E-state index in [1.165, 1.54) is 6.07 Å². The molecule has 0 saturated carbocycles. The number of amides is 1. The number of fused-ring (bicyclic) bond motifs is 1. The molecule has 0 fully saturated rings. The molecule has 31 heavy (non-hydrogen) atoms. The van der Waals surface area contributed by atoms with Gasteiger partial charge in [0.25, 0.3) is 0 Å². The maximum atomic E-state index is 13.5. The summed E-state index contributed by atoms with van der Waals surface area (Å²) in [5.41, 5.74) is 2.94. The molecule has 2 heterocycles. The predicted octanol–water partition coefficient (Wildman–Crippen LogP) is 6.18. The van der Waals surface area contributed by atoms with E-state index in [0.717, 1.165) is 22.8 Å². The van der Waals surface area contributed by atoms with Crippen molar-refractivity contribution in [3.05, 3.63) is 77.6 Å². The number of carbonyl (C=O) groups is 1. The lowest BCUT2D eigenvalue weighted by Crippen LogP contribution is -2.16. The molecule has 1 N–H and O–H groups in total. The fraction of sp³-hybridized carbons (Fsp3) is 0.208. The SMILES string of the molecule is CCCc1cc2c(cc1C(F)(F)F)NC(=O)CC(c1cccc(-c3cccnc3)c1)=N2. The van der Waals surface area contributed by atoms with Crippen molar-refractivity contribution in [1.29, 1.82) is 0 Å². The van der Waals surface area contributed by atoms with Gasteiger partial charge in [0.05, 0.1) is 29.1 Å². The van der Waals surface area contributed by atoms with Crippen LogP contribution in [0.2, 0.25) is 0 Å². The summed E-state index contributed by atoms with van der Waals surface area (Å²) in [6.45, 7) is 1.83. The smallest absolute Gasteiger partial charge is 0.324 e. The highest BCUT2D eigenvalue weighted by molar-refractivity contribution is 6.17. The molecule has 7 heteroatoms. The molecule has 0 aliphatic carbocycles. The maximum Gasteiger partial charge on any atom is 0.416 e. The Morgan fingerprint density at radius 2 is 1.81 bits per heavy atom. The van der Waals surface area contributed by atoms with Crippen LogP contribution in [0.5, 0.6) is 0 Å². The third kappa shape index (κ3) is 4.50. The van der Waals surface area contributed by atoms with Gasteiger partial charge in [-0.3, -0.25) is 14.8 Å². The Kier molecular flexibility index (Phi) is 5.59. The standard InChI is InChI=1S/C24H20F3N3O/c1-2-5-16-11-21-22(12-19(16)24(25,26)27)30-23(31)13-20(29-21)17-7-3-6-15(10-17)18-8-4-9-28-14-18/h3-4,6-12,14H,2,5,13H2,1H3,(H,30,31). The molecule has 1 aliphatic rings. The van der Waals surface area contributed by atoms with Crippen LogP contribution in [0, 0.1) is 0 Å². The van der Waals surface area contributed by atoms with Gasteiger partial charge in [0.1, 0.15) is 0 Å². The lowest BCUT2D eigenvalue weighted by Gasteiger charge is -2.16. The topological polar surface area (TPSA) is 54.4 Å². The van der Waals surface area contributed by atoms with Crippen LogP contribution in [0.25, 0.3) is 11.1 Å². The van der Waals surface area contributed by atoms with E-state index in [2.05, 4.69) is 15.3 Å². The van der Waals surface area contributed by atoms with Crippen LogP contribution in [0.4, 0.5) is 24.5 Å². The van der Waals surface area contributed by atoms with Crippen LogP contribution in [-0.4, -0.2) is 16.6 Å². The third-order valence-corrected chi connectivity index (χ3v) is 5.09. The number of aryl methyl sites for hydroxylation is 1. The number of aromatic nitrogens is 1. The number of halogens is 3. The highest BCUT2D eigenvalue weighted by Gasteiger charge is 2.34. The molecular formula is C24H20F3N3O. The van der Waals surface area contributed by atoms with Crippen LogP contribution >= 0.6 is 0 Å². The van der Waals surface area contributed by atoms with Crippen LogP contribution < -0.4 is 5.32 Å². The Bertz CT molecular complexity index is 1150. The van der Waals surface area contributed by atoms with Gasteiger partial charge in [-0.1, -0.05) is 37.6 Å². The third-order valence-electron chi connectivity index (χ3n) is 5.09. The summed E-state index contributed by atoms with van der Waals surface area (Å²) >= 11 is 0. The zero-order chi connectivity index (χ0) is 22.0. The van der Waals surface area contributed by atoms with Gasteiger partial charge in [-0.05, 0) is 47.4 Å². The second-order valence-corrected chi connectivity index (χ2v) is 7.38. The summed E-state index contributed by atoms with van der Waals surface area (Å²) in [6.07, 6.45) is -0.259. The number of pyridine rings is 1. The fourth-order valence-electron chi connectivity index (χ4n) is 3.67. The van der Waals surface area contributed by atoms with Crippen molar-refractivity contribution in [2.24, 2.45) is 4.99 Å². The average molecular weight is 423 g/mol. The van der Waals surface area contributed by atoms with Crippen molar-refractivity contribution in [3.8, 4) is 11.1 Å². The molecule has 0 bridgehead atoms. The van der Waals surface area contributed by atoms with E-state index in [0.29, 0.717) is 17.8 Å². The zero-order valence-corrected chi connectivity index (χ0v) is 16.8. The molecule has 1 aliphatic heterocycles. The minimum Gasteiger partial charge on any atom is -0.324 e. The molecule has 158 valence electrons. The number of hydrogen-bond donors (Lipinski definition) is 1. The first-order valence-corrected chi connectivity index (χ1v) is 9.97. The van der Waals surface area contributed by atoms with Gasteiger partial charge in [-0.2, -0.15) is 13.2 Å². The Hall–Kier alpha value is -3.48. The molecule has 0 unspecified atom stereocenters. The molecule has 1 amide bonds. The molecule has 0 atom stereocenters. The number of carbonyl (C=O) groups excluding carboxylic acids is 1. The first-order valence-electron chi connectivity index (χ1n) is 9.97. The summed E-state index contributed by atoms with van der Waals surface area (Å²) in [5, 5.41) is 2.59. The van der Waals surface area contributed by atoms with E-state index >= 15 is 0 Å². The Balaban J connectivity index is 1.81. The highest BCUT2D eigenvalue weighted by Crippen LogP contribution is 2.40. The molecule has 4 nitrogen and oxygen atoms in total. The molecule has 3 aromatic rings. The number of anilines is 1. The number of rotatable bonds is 4. The number of nitrogens with one attached hydrogen (secondary N) is 1. The van der Waals surface area contributed by atoms with Gasteiger partial charge < -0.3 is 5.32 Å². The summed E-state index contributed by atoms with van der Waals surface area (Å²) in [7, 11) is 0. The van der Waals surface area contributed by atoms with Crippen molar-refractivity contribution >= 4 is 23.0 Å². The van der Waals surface area contributed by atoms with Gasteiger partial charge in [-0.25, -0.2) is 0 Å². The van der Waals surface area contributed by atoms with Gasteiger partial charge in [-0.15, -0.1) is 0 Å². The summed E-state index contributed by atoms with van der Waals surface area (Å²) < 4.78 is 40.6. The van der Waals surface area contributed by atoms with E-state index in [4.69, 9.17) is 0 Å². The number of aliphatic imine (C=N–C) groups is 1. The maximum absolute atomic E-state index is 13.5. The van der Waals surface area contributed by atoms with Crippen molar-refractivity contribution < 1.29 is 18.0 Å². The lowest BCUT2D eigenvalue weighted by atomic mass is 10.00. The number of alkyl halides is 3. The normalized spacial score (nSPS) is 13.8. The van der Waals surface area contributed by atoms with Gasteiger partial charge in [0.2, 0.25) is 5.91 Å². The molecule has 0 spiro atoms. The van der Waals surface area contributed by atoms with Crippen LogP contribution in [0.1, 0.15) is 36.5 Å². The Morgan fingerprint density at radius 1 is 1.03 bits per heavy atom. The van der Waals surface area contributed by atoms with Crippen molar-refractivity contribution in [3.63, 3.8) is 0 Å². The Morgan fingerprint density at radius 3 is 2.52 bits per heavy atom. The molecule has 4 rings (SSSR count). The van der Waals surface area contributed by atoms with Crippen LogP contribution in [0.15, 0.2) is 65.9 Å². The first kappa shape index (κ1) is 20.8. The second kappa shape index (κ2) is 8.34. The minimum absolute atomic E-state index is 0.0321. The van der Waals surface area contributed by atoms with E-state index in [-0.39, 0.29) is 24.1 Å². The zero-order valence-electron chi connectivity index (χ0n) is 16.8. The van der Waals surface area contributed by atoms with E-state index in [9.17, 15) is 18.0 Å². The Labute approximate surface area is 177 Å². The number of nitrogens with zero attached hydrogens (tertiary/aromatic N) is 2. The van der Waals surface area contributed by atoms with Gasteiger partial charge >= 0.3 is 6.18 Å². The monoisotopic (exact) mass is 423 g/mol. The van der Waals surface area contributed by atoms with E-state index < -0.39 is 17.6 Å². The van der Waals surface area contributed by atoms with Crippen molar-refractivity contribution in [1.82, 2.24) is 4.98 Å². The first-order chi connectivity index (χ1) is 14.8. The number of benzene rings is 2. The minimum atomic E-state index is -4.50. The summed E-state index contributed by atoms with van der Waals surface area (Å²) in [5.74, 6) is -0.402. The largest absolute Gasteiger partial charge is 0.416 e. The lowest BCUT2D eigenvalue weighted by molar-refractivity contribution is -0.138. The number of hydrogen-bond acceptors (Lipinski definition) is 3. The van der Waals surface area contributed by atoms with Crippen LogP contribution in [-0.2, 0) is 17.4 Å².